The second-order valence-corrected chi connectivity index (χ2v) is 4.25. The molecule has 0 aliphatic rings. The summed E-state index contributed by atoms with van der Waals surface area (Å²) in [6.45, 7) is 0. The topological polar surface area (TPSA) is 70.6 Å². The summed E-state index contributed by atoms with van der Waals surface area (Å²) in [6, 6.07) is 10.9. The Hall–Kier alpha value is -2.54. The number of aliphatic imine (C=N–C) groups is 1. The lowest BCUT2D eigenvalue weighted by molar-refractivity contribution is -0.137. The van der Waals surface area contributed by atoms with Crippen molar-refractivity contribution in [2.75, 3.05) is 5.73 Å². The van der Waals surface area contributed by atoms with Crippen molar-refractivity contribution in [2.45, 2.75) is 6.18 Å². The van der Waals surface area contributed by atoms with E-state index in [1.165, 1.54) is 18.2 Å². The van der Waals surface area contributed by atoms with Gasteiger partial charge in [-0.15, -0.1) is 0 Å². The van der Waals surface area contributed by atoms with Gasteiger partial charge in [0.25, 0.3) is 0 Å². The predicted octanol–water partition coefficient (Wildman–Crippen LogP) is 3.34. The van der Waals surface area contributed by atoms with Crippen LogP contribution in [0.3, 0.4) is 0 Å². The summed E-state index contributed by atoms with van der Waals surface area (Å²) >= 11 is 0. The molecule has 0 radical (unpaired) electrons. The molecule has 7 heteroatoms. The highest BCUT2D eigenvalue weighted by atomic mass is 19.4. The van der Waals surface area contributed by atoms with Crippen molar-refractivity contribution >= 4 is 17.2 Å². The van der Waals surface area contributed by atoms with Gasteiger partial charge in [-0.05, 0) is 30.3 Å². The number of hydrogen-bond donors (Lipinski definition) is 3. The average Bonchev–Trinajstić information content (AvgIpc) is 2.44. The minimum absolute atomic E-state index is 0.105. The van der Waals surface area contributed by atoms with E-state index in [0.717, 1.165) is 12.1 Å². The van der Waals surface area contributed by atoms with Gasteiger partial charge in [-0.2, -0.15) is 13.2 Å². The fourth-order valence-corrected chi connectivity index (χ4v) is 1.72. The van der Waals surface area contributed by atoms with E-state index in [4.69, 9.17) is 10.9 Å². The number of benzene rings is 2. The number of hydrogen-bond acceptors (Lipinski definition) is 3. The molecule has 21 heavy (non-hydrogen) atoms. The molecule has 0 bridgehead atoms. The summed E-state index contributed by atoms with van der Waals surface area (Å²) in [7, 11) is 0. The zero-order valence-corrected chi connectivity index (χ0v) is 10.7. The number of nitrogens with zero attached hydrogens (tertiary/aromatic N) is 1. The van der Waals surface area contributed by atoms with Gasteiger partial charge < -0.3 is 5.73 Å². The minimum atomic E-state index is -4.46. The van der Waals surface area contributed by atoms with Crippen LogP contribution in [-0.4, -0.2) is 11.0 Å². The smallest absolute Gasteiger partial charge is 0.399 e. The first kappa shape index (κ1) is 14.9. The van der Waals surface area contributed by atoms with Crippen molar-refractivity contribution in [2.24, 2.45) is 4.99 Å². The highest BCUT2D eigenvalue weighted by Gasteiger charge is 2.30. The molecule has 0 saturated heterocycles. The first-order chi connectivity index (χ1) is 9.90. The first-order valence-electron chi connectivity index (χ1n) is 5.92. The van der Waals surface area contributed by atoms with Crippen molar-refractivity contribution in [3.63, 3.8) is 0 Å². The van der Waals surface area contributed by atoms with E-state index >= 15 is 0 Å². The van der Waals surface area contributed by atoms with Crippen LogP contribution in [0.1, 0.15) is 11.1 Å². The normalized spacial score (nSPS) is 12.3. The summed E-state index contributed by atoms with van der Waals surface area (Å²) in [6.07, 6.45) is -4.46. The fraction of sp³-hybridized carbons (Fsp3) is 0.0714. The zero-order chi connectivity index (χ0) is 15.5. The van der Waals surface area contributed by atoms with Crippen molar-refractivity contribution in [3.8, 4) is 0 Å². The number of nitrogens with one attached hydrogen (secondary N) is 1. The Balaban J connectivity index is 2.42. The molecule has 0 amide bonds. The van der Waals surface area contributed by atoms with Crippen LogP contribution in [-0.2, 0) is 6.18 Å². The second-order valence-electron chi connectivity index (χ2n) is 4.25. The van der Waals surface area contributed by atoms with Crippen molar-refractivity contribution in [3.05, 3.63) is 59.7 Å². The SMILES string of the molecule is Nc1cccc(N=C(NO)c2cccc(C(F)(F)F)c2)c1. The molecule has 0 aliphatic heterocycles. The molecule has 0 heterocycles. The Bertz CT molecular complexity index is 669. The molecule has 0 spiro atoms. The Labute approximate surface area is 118 Å². The van der Waals surface area contributed by atoms with E-state index in [1.54, 1.807) is 23.7 Å². The molecular weight excluding hydrogens is 283 g/mol. The minimum Gasteiger partial charge on any atom is -0.399 e. The number of nitrogens with two attached hydrogens (primary N) is 1. The second kappa shape index (κ2) is 5.84. The van der Waals surface area contributed by atoms with E-state index in [0.29, 0.717) is 11.4 Å². The molecule has 2 rings (SSSR count). The maximum absolute atomic E-state index is 12.7. The fourth-order valence-electron chi connectivity index (χ4n) is 1.72. The Morgan fingerprint density at radius 3 is 2.43 bits per heavy atom. The van der Waals surface area contributed by atoms with Crippen LogP contribution in [0.4, 0.5) is 24.5 Å². The van der Waals surface area contributed by atoms with Crippen LogP contribution >= 0.6 is 0 Å². The summed E-state index contributed by atoms with van der Waals surface area (Å²) in [5.41, 5.74) is 7.55. The molecule has 0 aromatic heterocycles. The summed E-state index contributed by atoms with van der Waals surface area (Å²) in [5, 5.41) is 9.11. The number of anilines is 1. The van der Waals surface area contributed by atoms with Crippen molar-refractivity contribution < 1.29 is 18.4 Å². The highest BCUT2D eigenvalue weighted by molar-refractivity contribution is 5.99. The molecular formula is C14H12F3N3O. The van der Waals surface area contributed by atoms with Gasteiger partial charge in [0.05, 0.1) is 11.3 Å². The maximum atomic E-state index is 12.7. The van der Waals surface area contributed by atoms with Gasteiger partial charge in [-0.1, -0.05) is 18.2 Å². The van der Waals surface area contributed by atoms with Gasteiger partial charge in [-0.3, -0.25) is 10.7 Å². The molecule has 4 N–H and O–H groups in total. The zero-order valence-electron chi connectivity index (χ0n) is 10.7. The number of alkyl halides is 3. The van der Waals surface area contributed by atoms with Gasteiger partial charge in [0.1, 0.15) is 0 Å². The standard InChI is InChI=1S/C14H12F3N3O/c15-14(16,17)10-4-1-3-9(7-10)13(20-21)19-12-6-2-5-11(18)8-12/h1-8,21H,18H2,(H,19,20). The Kier molecular flexibility index (Phi) is 4.13. The molecule has 2 aromatic carbocycles. The van der Waals surface area contributed by atoms with Crippen LogP contribution in [0.5, 0.6) is 0 Å². The average molecular weight is 295 g/mol. The van der Waals surface area contributed by atoms with E-state index in [2.05, 4.69) is 4.99 Å². The van der Waals surface area contributed by atoms with Gasteiger partial charge in [0.2, 0.25) is 0 Å². The highest BCUT2D eigenvalue weighted by Crippen LogP contribution is 2.29. The summed E-state index contributed by atoms with van der Waals surface area (Å²) < 4.78 is 38.0. The summed E-state index contributed by atoms with van der Waals surface area (Å²) in [4.78, 5) is 4.04. The lowest BCUT2D eigenvalue weighted by Crippen LogP contribution is -2.20. The number of rotatable bonds is 2. The predicted molar refractivity (Wildman–Crippen MR) is 73.4 cm³/mol. The van der Waals surface area contributed by atoms with Gasteiger partial charge in [0, 0.05) is 11.3 Å². The third-order valence-corrected chi connectivity index (χ3v) is 2.68. The molecule has 0 saturated carbocycles. The van der Waals surface area contributed by atoms with Crippen LogP contribution < -0.4 is 11.2 Å². The van der Waals surface area contributed by atoms with Crippen LogP contribution in [0.2, 0.25) is 0 Å². The quantitative estimate of drug-likeness (QED) is 0.344. The van der Waals surface area contributed by atoms with Gasteiger partial charge >= 0.3 is 6.18 Å². The van der Waals surface area contributed by atoms with Crippen LogP contribution in [0.15, 0.2) is 53.5 Å². The van der Waals surface area contributed by atoms with E-state index in [9.17, 15) is 13.2 Å². The van der Waals surface area contributed by atoms with Crippen molar-refractivity contribution in [1.29, 1.82) is 0 Å². The number of halogens is 3. The molecule has 0 atom stereocenters. The van der Waals surface area contributed by atoms with Crippen LogP contribution in [0, 0.1) is 0 Å². The van der Waals surface area contributed by atoms with E-state index < -0.39 is 11.7 Å². The van der Waals surface area contributed by atoms with Crippen LogP contribution in [0.25, 0.3) is 0 Å². The third kappa shape index (κ3) is 3.73. The number of hydroxylamine groups is 1. The molecule has 0 aliphatic carbocycles. The third-order valence-electron chi connectivity index (χ3n) is 2.68. The van der Waals surface area contributed by atoms with Gasteiger partial charge in [0.15, 0.2) is 5.84 Å². The molecule has 0 fully saturated rings. The molecule has 0 unspecified atom stereocenters. The number of nitrogen functional groups attached to an aromatic ring is 1. The van der Waals surface area contributed by atoms with Crippen molar-refractivity contribution in [1.82, 2.24) is 5.48 Å². The Morgan fingerprint density at radius 2 is 1.81 bits per heavy atom. The first-order valence-corrected chi connectivity index (χ1v) is 5.92. The molecule has 2 aromatic rings. The molecule has 110 valence electrons. The maximum Gasteiger partial charge on any atom is 0.416 e. The summed E-state index contributed by atoms with van der Waals surface area (Å²) in [5.74, 6) is -0.105. The number of amidine groups is 1. The van der Waals surface area contributed by atoms with Gasteiger partial charge in [-0.25, -0.2) is 4.99 Å². The lowest BCUT2D eigenvalue weighted by Gasteiger charge is -2.10. The Morgan fingerprint density at radius 1 is 1.10 bits per heavy atom. The lowest BCUT2D eigenvalue weighted by atomic mass is 10.1. The molecule has 4 nitrogen and oxygen atoms in total. The largest absolute Gasteiger partial charge is 0.416 e. The van der Waals surface area contributed by atoms with E-state index in [-0.39, 0.29) is 11.4 Å². The van der Waals surface area contributed by atoms with E-state index in [1.807, 2.05) is 0 Å². The monoisotopic (exact) mass is 295 g/mol.